The summed E-state index contributed by atoms with van der Waals surface area (Å²) in [5.41, 5.74) is 1.81. The minimum absolute atomic E-state index is 0.676. The fourth-order valence-electron chi connectivity index (χ4n) is 1.59. The second kappa shape index (κ2) is 3.92. The second-order valence-corrected chi connectivity index (χ2v) is 3.65. The van der Waals surface area contributed by atoms with E-state index in [1.807, 2.05) is 32.9 Å². The summed E-state index contributed by atoms with van der Waals surface area (Å²) in [5.74, 6) is 2.13. The van der Waals surface area contributed by atoms with Crippen LogP contribution >= 0.6 is 0 Å². The van der Waals surface area contributed by atoms with Gasteiger partial charge in [-0.1, -0.05) is 0 Å². The molecule has 0 amide bonds. The lowest BCUT2D eigenvalue weighted by Crippen LogP contribution is -2.05. The summed E-state index contributed by atoms with van der Waals surface area (Å²) < 4.78 is 6.92. The Bertz CT molecular complexity index is 498. The maximum atomic E-state index is 5.24. The van der Waals surface area contributed by atoms with Crippen molar-refractivity contribution in [3.05, 3.63) is 29.3 Å². The number of ether oxygens (including phenoxy) is 1. The SMILES string of the molecule is COc1cc(C)nn1-c1cc(C)nc(C)n1. The molecule has 2 heterocycles. The monoisotopic (exact) mass is 218 g/mol. The van der Waals surface area contributed by atoms with Crippen LogP contribution in [0.4, 0.5) is 0 Å². The van der Waals surface area contributed by atoms with Gasteiger partial charge in [-0.25, -0.2) is 9.97 Å². The largest absolute Gasteiger partial charge is 0.481 e. The van der Waals surface area contributed by atoms with Gasteiger partial charge >= 0.3 is 0 Å². The molecule has 0 aliphatic rings. The lowest BCUT2D eigenvalue weighted by molar-refractivity contribution is 0.382. The summed E-state index contributed by atoms with van der Waals surface area (Å²) in [6.45, 7) is 5.71. The predicted octanol–water partition coefficient (Wildman–Crippen LogP) is 1.60. The lowest BCUT2D eigenvalue weighted by Gasteiger charge is -2.06. The molecule has 0 spiro atoms. The Kier molecular flexibility index (Phi) is 2.60. The first-order chi connectivity index (χ1) is 7.60. The van der Waals surface area contributed by atoms with Crippen molar-refractivity contribution in [2.75, 3.05) is 7.11 Å². The van der Waals surface area contributed by atoms with Crippen molar-refractivity contribution in [3.8, 4) is 11.7 Å². The van der Waals surface area contributed by atoms with E-state index in [9.17, 15) is 0 Å². The van der Waals surface area contributed by atoms with Gasteiger partial charge in [-0.2, -0.15) is 9.78 Å². The molecular formula is C11H14N4O. The van der Waals surface area contributed by atoms with Gasteiger partial charge in [0.2, 0.25) is 5.88 Å². The molecule has 2 aromatic heterocycles. The molecule has 0 aromatic carbocycles. The summed E-state index contributed by atoms with van der Waals surface area (Å²) in [7, 11) is 1.62. The first kappa shape index (κ1) is 10.6. The fraction of sp³-hybridized carbons (Fsp3) is 0.364. The van der Waals surface area contributed by atoms with Crippen LogP contribution in [0.25, 0.3) is 5.82 Å². The summed E-state index contributed by atoms with van der Waals surface area (Å²) in [6, 6.07) is 3.74. The fourth-order valence-corrected chi connectivity index (χ4v) is 1.59. The van der Waals surface area contributed by atoms with E-state index in [2.05, 4.69) is 15.1 Å². The minimum Gasteiger partial charge on any atom is -0.481 e. The van der Waals surface area contributed by atoms with Gasteiger partial charge in [0.05, 0.1) is 12.8 Å². The molecule has 2 aromatic rings. The number of hydrogen-bond donors (Lipinski definition) is 0. The molecular weight excluding hydrogens is 204 g/mol. The molecule has 0 radical (unpaired) electrons. The Labute approximate surface area is 94.1 Å². The van der Waals surface area contributed by atoms with Crippen molar-refractivity contribution < 1.29 is 4.74 Å². The Hall–Kier alpha value is -1.91. The van der Waals surface area contributed by atoms with Crippen molar-refractivity contribution in [2.45, 2.75) is 20.8 Å². The third-order valence-corrected chi connectivity index (χ3v) is 2.18. The van der Waals surface area contributed by atoms with E-state index < -0.39 is 0 Å². The van der Waals surface area contributed by atoms with Gasteiger partial charge in [0.25, 0.3) is 0 Å². The Morgan fingerprint density at radius 1 is 1.06 bits per heavy atom. The molecule has 2 rings (SSSR count). The number of aromatic nitrogens is 4. The van der Waals surface area contributed by atoms with E-state index in [-0.39, 0.29) is 0 Å². The highest BCUT2D eigenvalue weighted by Crippen LogP contribution is 2.17. The molecule has 5 nitrogen and oxygen atoms in total. The summed E-state index contributed by atoms with van der Waals surface area (Å²) >= 11 is 0. The third-order valence-electron chi connectivity index (χ3n) is 2.18. The predicted molar refractivity (Wildman–Crippen MR) is 59.9 cm³/mol. The minimum atomic E-state index is 0.676. The van der Waals surface area contributed by atoms with Crippen LogP contribution in [0.3, 0.4) is 0 Å². The van der Waals surface area contributed by atoms with Crippen LogP contribution in [0.1, 0.15) is 17.2 Å². The highest BCUT2D eigenvalue weighted by molar-refractivity contribution is 5.30. The molecule has 0 fully saturated rings. The molecule has 0 N–H and O–H groups in total. The van der Waals surface area contributed by atoms with Crippen molar-refractivity contribution >= 4 is 0 Å². The smallest absolute Gasteiger partial charge is 0.218 e. The van der Waals surface area contributed by atoms with E-state index in [0.717, 1.165) is 23.0 Å². The van der Waals surface area contributed by atoms with Gasteiger partial charge in [0.1, 0.15) is 5.82 Å². The average Bonchev–Trinajstić information content (AvgIpc) is 2.58. The molecule has 5 heteroatoms. The van der Waals surface area contributed by atoms with E-state index in [1.165, 1.54) is 0 Å². The molecule has 84 valence electrons. The van der Waals surface area contributed by atoms with Gasteiger partial charge in [-0.3, -0.25) is 0 Å². The van der Waals surface area contributed by atoms with Gasteiger partial charge in [-0.15, -0.1) is 0 Å². The van der Waals surface area contributed by atoms with Crippen molar-refractivity contribution in [1.29, 1.82) is 0 Å². The van der Waals surface area contributed by atoms with Crippen LogP contribution in [-0.2, 0) is 0 Å². The number of nitrogens with zero attached hydrogens (tertiary/aromatic N) is 4. The molecule has 0 aliphatic heterocycles. The summed E-state index contributed by atoms with van der Waals surface area (Å²) in [4.78, 5) is 8.56. The van der Waals surface area contributed by atoms with Crippen molar-refractivity contribution in [2.24, 2.45) is 0 Å². The summed E-state index contributed by atoms with van der Waals surface area (Å²) in [5, 5.41) is 4.34. The normalized spacial score (nSPS) is 10.5. The maximum absolute atomic E-state index is 5.24. The highest BCUT2D eigenvalue weighted by Gasteiger charge is 2.09. The number of rotatable bonds is 2. The van der Waals surface area contributed by atoms with Gasteiger partial charge in [-0.05, 0) is 20.8 Å². The third kappa shape index (κ3) is 1.88. The van der Waals surface area contributed by atoms with Gasteiger partial charge in [0, 0.05) is 17.8 Å². The zero-order valence-electron chi connectivity index (χ0n) is 9.85. The zero-order chi connectivity index (χ0) is 11.7. The Balaban J connectivity index is 2.57. The molecule has 16 heavy (non-hydrogen) atoms. The average molecular weight is 218 g/mol. The van der Waals surface area contributed by atoms with Crippen LogP contribution in [0.2, 0.25) is 0 Å². The number of methoxy groups -OCH3 is 1. The van der Waals surface area contributed by atoms with E-state index in [1.54, 1.807) is 11.8 Å². The van der Waals surface area contributed by atoms with Crippen molar-refractivity contribution in [3.63, 3.8) is 0 Å². The standard InChI is InChI=1S/C11H14N4O/c1-7-5-10(13-9(3)12-7)15-11(16-4)6-8(2)14-15/h5-6H,1-4H3. The molecule has 0 saturated carbocycles. The Morgan fingerprint density at radius 2 is 1.81 bits per heavy atom. The number of aryl methyl sites for hydroxylation is 3. The van der Waals surface area contributed by atoms with E-state index >= 15 is 0 Å². The van der Waals surface area contributed by atoms with Crippen LogP contribution in [0.15, 0.2) is 12.1 Å². The van der Waals surface area contributed by atoms with Crippen LogP contribution in [0.5, 0.6) is 5.88 Å². The van der Waals surface area contributed by atoms with Crippen molar-refractivity contribution in [1.82, 2.24) is 19.7 Å². The van der Waals surface area contributed by atoms with E-state index in [0.29, 0.717) is 5.88 Å². The van der Waals surface area contributed by atoms with Crippen LogP contribution < -0.4 is 4.74 Å². The first-order valence-corrected chi connectivity index (χ1v) is 5.03. The van der Waals surface area contributed by atoms with Crippen LogP contribution in [0, 0.1) is 20.8 Å². The number of hydrogen-bond acceptors (Lipinski definition) is 4. The second-order valence-electron chi connectivity index (χ2n) is 3.65. The van der Waals surface area contributed by atoms with Gasteiger partial charge < -0.3 is 4.74 Å². The molecule has 0 saturated heterocycles. The van der Waals surface area contributed by atoms with Crippen LogP contribution in [-0.4, -0.2) is 26.9 Å². The lowest BCUT2D eigenvalue weighted by atomic mass is 10.4. The molecule has 0 aliphatic carbocycles. The highest BCUT2D eigenvalue weighted by atomic mass is 16.5. The van der Waals surface area contributed by atoms with E-state index in [4.69, 9.17) is 4.74 Å². The summed E-state index contributed by atoms with van der Waals surface area (Å²) in [6.07, 6.45) is 0. The Morgan fingerprint density at radius 3 is 2.44 bits per heavy atom. The first-order valence-electron chi connectivity index (χ1n) is 5.03. The van der Waals surface area contributed by atoms with Gasteiger partial charge in [0.15, 0.2) is 5.82 Å². The topological polar surface area (TPSA) is 52.8 Å². The zero-order valence-corrected chi connectivity index (χ0v) is 9.85. The molecule has 0 atom stereocenters. The quantitative estimate of drug-likeness (QED) is 0.768. The maximum Gasteiger partial charge on any atom is 0.218 e. The molecule has 0 unspecified atom stereocenters. The molecule has 0 bridgehead atoms.